The summed E-state index contributed by atoms with van der Waals surface area (Å²) >= 11 is 0. The van der Waals surface area contributed by atoms with Gasteiger partial charge in [0.05, 0.1) is 12.8 Å². The summed E-state index contributed by atoms with van der Waals surface area (Å²) in [6, 6.07) is 0. The Kier molecular flexibility index (Phi) is 8.08. The standard InChI is InChI=1S/C31H50O4/c1-20(2)7-6-8-21(3)25-11-12-26-24-10-9-22-19-23(35-29(34)14-13-28(32)33)15-17-30(22,4)27(24)16-18-31(25,26)5/h9,20-21,23-27H,6-8,10-19H2,1-5H3,(H,32,33)/t21-,23?,24?,25-,26+,27+,30?,31?/m1/s1. The van der Waals surface area contributed by atoms with Gasteiger partial charge in [0.2, 0.25) is 0 Å². The van der Waals surface area contributed by atoms with Crippen molar-refractivity contribution < 1.29 is 19.4 Å². The number of ether oxygens (including phenoxy) is 1. The van der Waals surface area contributed by atoms with Gasteiger partial charge in [-0.15, -0.1) is 0 Å². The number of hydrogen-bond acceptors (Lipinski definition) is 3. The van der Waals surface area contributed by atoms with Crippen LogP contribution < -0.4 is 0 Å². The zero-order valence-electron chi connectivity index (χ0n) is 23.0. The van der Waals surface area contributed by atoms with Gasteiger partial charge in [0, 0.05) is 6.42 Å². The van der Waals surface area contributed by atoms with Crippen LogP contribution in [0.15, 0.2) is 11.6 Å². The summed E-state index contributed by atoms with van der Waals surface area (Å²) in [7, 11) is 0. The maximum atomic E-state index is 12.1. The fraction of sp³-hybridized carbons (Fsp3) is 0.871. The molecule has 0 aromatic rings. The Morgan fingerprint density at radius 1 is 1.03 bits per heavy atom. The van der Waals surface area contributed by atoms with E-state index in [1.807, 2.05) is 0 Å². The minimum atomic E-state index is -0.942. The van der Waals surface area contributed by atoms with Gasteiger partial charge < -0.3 is 9.84 Å². The zero-order valence-corrected chi connectivity index (χ0v) is 23.0. The fourth-order valence-electron chi connectivity index (χ4n) is 9.21. The van der Waals surface area contributed by atoms with Crippen molar-refractivity contribution in [3.63, 3.8) is 0 Å². The summed E-state index contributed by atoms with van der Waals surface area (Å²) in [5.41, 5.74) is 2.27. The summed E-state index contributed by atoms with van der Waals surface area (Å²) in [6.45, 7) is 12.4. The first-order valence-electron chi connectivity index (χ1n) is 14.7. The van der Waals surface area contributed by atoms with E-state index in [1.165, 1.54) is 56.9 Å². The Bertz CT molecular complexity index is 815. The second kappa shape index (κ2) is 10.6. The average Bonchev–Trinajstić information content (AvgIpc) is 3.15. The Labute approximate surface area is 213 Å². The van der Waals surface area contributed by atoms with Crippen molar-refractivity contribution in [2.75, 3.05) is 0 Å². The average molecular weight is 487 g/mol. The maximum Gasteiger partial charge on any atom is 0.306 e. The monoisotopic (exact) mass is 486 g/mol. The Hall–Kier alpha value is -1.32. The van der Waals surface area contributed by atoms with Crippen LogP contribution in [0.25, 0.3) is 0 Å². The summed E-state index contributed by atoms with van der Waals surface area (Å²) in [6.07, 6.45) is 16.0. The molecule has 4 aliphatic rings. The Balaban J connectivity index is 1.40. The highest BCUT2D eigenvalue weighted by atomic mass is 16.5. The Morgan fingerprint density at radius 3 is 2.51 bits per heavy atom. The number of carbonyl (C=O) groups is 2. The molecule has 198 valence electrons. The number of carboxylic acid groups (broad SMARTS) is 1. The summed E-state index contributed by atoms with van der Waals surface area (Å²) < 4.78 is 5.70. The van der Waals surface area contributed by atoms with E-state index in [-0.39, 0.29) is 30.3 Å². The van der Waals surface area contributed by atoms with Gasteiger partial charge in [-0.25, -0.2) is 0 Å². The lowest BCUT2D eigenvalue weighted by molar-refractivity contribution is -0.154. The number of carboxylic acids is 1. The van der Waals surface area contributed by atoms with Gasteiger partial charge in [0.1, 0.15) is 6.10 Å². The third-order valence-corrected chi connectivity index (χ3v) is 11.1. The van der Waals surface area contributed by atoms with Crippen LogP contribution in [0.5, 0.6) is 0 Å². The molecule has 4 heteroatoms. The molecule has 0 aromatic carbocycles. The highest BCUT2D eigenvalue weighted by molar-refractivity contribution is 5.76. The van der Waals surface area contributed by atoms with Crippen LogP contribution in [-0.2, 0) is 14.3 Å². The summed E-state index contributed by atoms with van der Waals surface area (Å²) in [4.78, 5) is 22.9. The van der Waals surface area contributed by atoms with Crippen LogP contribution in [0, 0.1) is 46.3 Å². The number of allylic oxidation sites excluding steroid dienone is 1. The largest absolute Gasteiger partial charge is 0.481 e. The van der Waals surface area contributed by atoms with Crippen molar-refractivity contribution >= 4 is 11.9 Å². The third kappa shape index (κ3) is 5.37. The van der Waals surface area contributed by atoms with Gasteiger partial charge in [-0.1, -0.05) is 65.5 Å². The minimum Gasteiger partial charge on any atom is -0.481 e. The lowest BCUT2D eigenvalue weighted by atomic mass is 9.47. The number of carbonyl (C=O) groups excluding carboxylic acids is 1. The van der Waals surface area contributed by atoms with E-state index in [9.17, 15) is 9.59 Å². The summed E-state index contributed by atoms with van der Waals surface area (Å²) in [5.74, 6) is 3.68. The van der Waals surface area contributed by atoms with Crippen molar-refractivity contribution in [1.29, 1.82) is 0 Å². The van der Waals surface area contributed by atoms with Gasteiger partial charge in [0.25, 0.3) is 0 Å². The molecule has 8 atom stereocenters. The quantitative estimate of drug-likeness (QED) is 0.267. The van der Waals surface area contributed by atoms with Crippen LogP contribution in [0.3, 0.4) is 0 Å². The highest BCUT2D eigenvalue weighted by Crippen LogP contribution is 2.67. The normalized spacial score (nSPS) is 39.3. The van der Waals surface area contributed by atoms with Gasteiger partial charge in [-0.05, 0) is 91.3 Å². The van der Waals surface area contributed by atoms with Crippen molar-refractivity contribution in [3.05, 3.63) is 11.6 Å². The van der Waals surface area contributed by atoms with Crippen LogP contribution in [0.1, 0.15) is 118 Å². The maximum absolute atomic E-state index is 12.1. The lowest BCUT2D eigenvalue weighted by Gasteiger charge is -2.58. The fourth-order valence-corrected chi connectivity index (χ4v) is 9.21. The van der Waals surface area contributed by atoms with Crippen LogP contribution in [0.2, 0.25) is 0 Å². The molecule has 4 unspecified atom stereocenters. The van der Waals surface area contributed by atoms with E-state index in [0.717, 1.165) is 54.8 Å². The number of hydrogen-bond donors (Lipinski definition) is 1. The predicted molar refractivity (Wildman–Crippen MR) is 140 cm³/mol. The molecule has 0 spiro atoms. The molecule has 3 fully saturated rings. The second-order valence-electron chi connectivity index (χ2n) is 13.5. The molecule has 4 rings (SSSR count). The number of esters is 1. The first-order valence-corrected chi connectivity index (χ1v) is 14.7. The molecule has 4 aliphatic carbocycles. The van der Waals surface area contributed by atoms with Gasteiger partial charge >= 0.3 is 11.9 Å². The third-order valence-electron chi connectivity index (χ3n) is 11.1. The molecule has 0 radical (unpaired) electrons. The molecule has 3 saturated carbocycles. The molecule has 35 heavy (non-hydrogen) atoms. The topological polar surface area (TPSA) is 63.6 Å². The Morgan fingerprint density at radius 2 is 1.80 bits per heavy atom. The van der Waals surface area contributed by atoms with Crippen molar-refractivity contribution in [1.82, 2.24) is 0 Å². The van der Waals surface area contributed by atoms with E-state index in [2.05, 4.69) is 40.7 Å². The molecule has 4 nitrogen and oxygen atoms in total. The molecule has 0 aliphatic heterocycles. The number of rotatable bonds is 9. The van der Waals surface area contributed by atoms with E-state index >= 15 is 0 Å². The molecule has 0 aromatic heterocycles. The van der Waals surface area contributed by atoms with Gasteiger partial charge in [-0.3, -0.25) is 9.59 Å². The van der Waals surface area contributed by atoms with Crippen molar-refractivity contribution in [2.45, 2.75) is 124 Å². The zero-order chi connectivity index (χ0) is 25.4. The smallest absolute Gasteiger partial charge is 0.306 e. The van der Waals surface area contributed by atoms with Crippen molar-refractivity contribution in [2.24, 2.45) is 46.3 Å². The minimum absolute atomic E-state index is 0.0236. The van der Waals surface area contributed by atoms with Crippen molar-refractivity contribution in [3.8, 4) is 0 Å². The van der Waals surface area contributed by atoms with Crippen LogP contribution in [-0.4, -0.2) is 23.1 Å². The molecule has 0 saturated heterocycles. The molecule has 1 N–H and O–H groups in total. The predicted octanol–water partition coefficient (Wildman–Crippen LogP) is 7.80. The first kappa shape index (κ1) is 26.7. The van der Waals surface area contributed by atoms with E-state index in [1.54, 1.807) is 0 Å². The highest BCUT2D eigenvalue weighted by Gasteiger charge is 2.59. The molecular weight excluding hydrogens is 436 g/mol. The van der Waals surface area contributed by atoms with Crippen LogP contribution in [0.4, 0.5) is 0 Å². The molecule has 0 heterocycles. The van der Waals surface area contributed by atoms with Gasteiger partial charge in [-0.2, -0.15) is 0 Å². The second-order valence-corrected chi connectivity index (χ2v) is 13.5. The van der Waals surface area contributed by atoms with E-state index in [4.69, 9.17) is 9.84 Å². The van der Waals surface area contributed by atoms with E-state index in [0.29, 0.717) is 5.41 Å². The van der Waals surface area contributed by atoms with Gasteiger partial charge in [0.15, 0.2) is 0 Å². The van der Waals surface area contributed by atoms with Crippen LogP contribution >= 0.6 is 0 Å². The van der Waals surface area contributed by atoms with E-state index < -0.39 is 5.97 Å². The number of fused-ring (bicyclic) bond motifs is 5. The molecular formula is C31H50O4. The molecule has 0 amide bonds. The first-order chi connectivity index (χ1) is 16.5. The number of aliphatic carboxylic acids is 1. The molecule has 0 bridgehead atoms. The lowest BCUT2D eigenvalue weighted by Crippen LogP contribution is -2.51. The summed E-state index contributed by atoms with van der Waals surface area (Å²) in [5, 5.41) is 8.84. The SMILES string of the molecule is CC(C)CCC[C@@H](C)[C@H]1CC[C@H]2C3CC=C4CC(OC(=O)CCC(=O)O)CCC4(C)[C@H]3CCC12C.